The Morgan fingerprint density at radius 2 is 2.00 bits per heavy atom. The Morgan fingerprint density at radius 3 is 2.60 bits per heavy atom. The normalized spacial score (nSPS) is 10.1. The van der Waals surface area contributed by atoms with Gasteiger partial charge < -0.3 is 15.2 Å². The number of nitrogens with one attached hydrogen (secondary N) is 1. The van der Waals surface area contributed by atoms with E-state index in [-0.39, 0.29) is 18.1 Å². The molecule has 1 amide bonds. The van der Waals surface area contributed by atoms with Gasteiger partial charge in [-0.3, -0.25) is 4.79 Å². The van der Waals surface area contributed by atoms with Crippen LogP contribution in [0.1, 0.15) is 10.5 Å². The number of amides is 1. The third-order valence-corrected chi connectivity index (χ3v) is 2.60. The standard InChI is InChI=1S/C13H13N3O4/c1-20-10-4-2-9(3-5-10)15-12(17)8-16-11(13(18)19)6-7-14-16/h2-7H,8H2,1H3,(H,15,17)(H,18,19). The van der Waals surface area contributed by atoms with Crippen LogP contribution in [0.4, 0.5) is 5.69 Å². The molecule has 7 heteroatoms. The average Bonchev–Trinajstić information content (AvgIpc) is 2.87. The summed E-state index contributed by atoms with van der Waals surface area (Å²) in [5.41, 5.74) is 0.565. The first-order valence-corrected chi connectivity index (χ1v) is 5.79. The maximum Gasteiger partial charge on any atom is 0.354 e. The molecule has 1 aromatic carbocycles. The Morgan fingerprint density at radius 1 is 1.30 bits per heavy atom. The number of methoxy groups -OCH3 is 1. The second kappa shape index (κ2) is 5.87. The van der Waals surface area contributed by atoms with Gasteiger partial charge in [0.25, 0.3) is 0 Å². The van der Waals surface area contributed by atoms with Crippen molar-refractivity contribution in [2.75, 3.05) is 12.4 Å². The predicted molar refractivity (Wildman–Crippen MR) is 70.8 cm³/mol. The Kier molecular flexibility index (Phi) is 3.99. The van der Waals surface area contributed by atoms with E-state index in [0.29, 0.717) is 11.4 Å². The van der Waals surface area contributed by atoms with Crippen LogP contribution in [-0.2, 0) is 11.3 Å². The molecule has 0 radical (unpaired) electrons. The third kappa shape index (κ3) is 3.14. The number of nitrogens with zero attached hydrogens (tertiary/aromatic N) is 2. The van der Waals surface area contributed by atoms with Crippen molar-refractivity contribution in [1.29, 1.82) is 0 Å². The fourth-order valence-corrected chi connectivity index (χ4v) is 1.65. The summed E-state index contributed by atoms with van der Waals surface area (Å²) in [4.78, 5) is 22.7. The lowest BCUT2D eigenvalue weighted by Gasteiger charge is -2.07. The van der Waals surface area contributed by atoms with Crippen LogP contribution < -0.4 is 10.1 Å². The van der Waals surface area contributed by atoms with E-state index in [9.17, 15) is 9.59 Å². The van der Waals surface area contributed by atoms with Gasteiger partial charge in [-0.2, -0.15) is 5.10 Å². The molecular weight excluding hydrogens is 262 g/mol. The summed E-state index contributed by atoms with van der Waals surface area (Å²) >= 11 is 0. The zero-order chi connectivity index (χ0) is 14.5. The highest BCUT2D eigenvalue weighted by Crippen LogP contribution is 2.15. The number of ether oxygens (including phenoxy) is 1. The van der Waals surface area contributed by atoms with Crippen LogP contribution in [0.2, 0.25) is 0 Å². The lowest BCUT2D eigenvalue weighted by atomic mass is 10.3. The second-order valence-electron chi connectivity index (χ2n) is 3.96. The number of carboxylic acids is 1. The fraction of sp³-hybridized carbons (Fsp3) is 0.154. The van der Waals surface area contributed by atoms with Crippen LogP contribution in [-0.4, -0.2) is 33.9 Å². The molecule has 2 N–H and O–H groups in total. The summed E-state index contributed by atoms with van der Waals surface area (Å²) in [5.74, 6) is -0.802. The maximum atomic E-state index is 11.8. The Labute approximate surface area is 114 Å². The minimum Gasteiger partial charge on any atom is -0.497 e. The molecule has 0 atom stereocenters. The molecule has 0 bridgehead atoms. The number of anilines is 1. The van der Waals surface area contributed by atoms with Crippen molar-refractivity contribution in [2.45, 2.75) is 6.54 Å². The van der Waals surface area contributed by atoms with Crippen molar-refractivity contribution in [3.05, 3.63) is 42.2 Å². The molecule has 0 saturated heterocycles. The van der Waals surface area contributed by atoms with Gasteiger partial charge in [-0.15, -0.1) is 0 Å². The van der Waals surface area contributed by atoms with Gasteiger partial charge in [-0.05, 0) is 30.3 Å². The molecule has 20 heavy (non-hydrogen) atoms. The van der Waals surface area contributed by atoms with Crippen LogP contribution in [0.5, 0.6) is 5.75 Å². The van der Waals surface area contributed by atoms with Crippen LogP contribution in [0.15, 0.2) is 36.5 Å². The number of hydrogen-bond acceptors (Lipinski definition) is 4. The molecule has 0 spiro atoms. The van der Waals surface area contributed by atoms with E-state index < -0.39 is 5.97 Å². The molecular formula is C13H13N3O4. The number of rotatable bonds is 5. The number of aromatic carboxylic acids is 1. The van der Waals surface area contributed by atoms with E-state index in [0.717, 1.165) is 4.68 Å². The summed E-state index contributed by atoms with van der Waals surface area (Å²) in [7, 11) is 1.55. The van der Waals surface area contributed by atoms with Crippen molar-refractivity contribution in [2.24, 2.45) is 0 Å². The van der Waals surface area contributed by atoms with Gasteiger partial charge in [0.1, 0.15) is 18.0 Å². The summed E-state index contributed by atoms with van der Waals surface area (Å²) in [6, 6.07) is 8.15. The number of carbonyl (C=O) groups is 2. The zero-order valence-electron chi connectivity index (χ0n) is 10.7. The quantitative estimate of drug-likeness (QED) is 0.856. The van der Waals surface area contributed by atoms with Gasteiger partial charge in [0.05, 0.1) is 7.11 Å². The highest BCUT2D eigenvalue weighted by atomic mass is 16.5. The van der Waals surface area contributed by atoms with Crippen LogP contribution >= 0.6 is 0 Å². The summed E-state index contributed by atoms with van der Waals surface area (Å²) < 4.78 is 6.14. The molecule has 104 valence electrons. The topological polar surface area (TPSA) is 93.5 Å². The van der Waals surface area contributed by atoms with E-state index in [2.05, 4.69) is 10.4 Å². The summed E-state index contributed by atoms with van der Waals surface area (Å²) in [6.45, 7) is -0.166. The first-order valence-electron chi connectivity index (χ1n) is 5.79. The molecule has 0 aliphatic carbocycles. The SMILES string of the molecule is COc1ccc(NC(=O)Cn2nccc2C(=O)O)cc1. The van der Waals surface area contributed by atoms with E-state index in [1.54, 1.807) is 31.4 Å². The second-order valence-corrected chi connectivity index (χ2v) is 3.96. The van der Waals surface area contributed by atoms with E-state index in [1.165, 1.54) is 12.3 Å². The van der Waals surface area contributed by atoms with Gasteiger partial charge in [-0.25, -0.2) is 9.48 Å². The number of carbonyl (C=O) groups excluding carboxylic acids is 1. The summed E-state index contributed by atoms with van der Waals surface area (Å²) in [5, 5.41) is 15.4. The Bertz CT molecular complexity index is 619. The smallest absolute Gasteiger partial charge is 0.354 e. The van der Waals surface area contributed by atoms with Gasteiger partial charge in [-0.1, -0.05) is 0 Å². The minimum atomic E-state index is -1.13. The predicted octanol–water partition coefficient (Wildman–Crippen LogP) is 1.23. The van der Waals surface area contributed by atoms with Crippen molar-refractivity contribution in [1.82, 2.24) is 9.78 Å². The highest BCUT2D eigenvalue weighted by molar-refractivity contribution is 5.91. The zero-order valence-corrected chi connectivity index (χ0v) is 10.7. The average molecular weight is 275 g/mol. The van der Waals surface area contributed by atoms with Crippen LogP contribution in [0, 0.1) is 0 Å². The molecule has 2 rings (SSSR count). The van der Waals surface area contributed by atoms with Crippen molar-refractivity contribution in [3.8, 4) is 5.75 Å². The van der Waals surface area contributed by atoms with Crippen LogP contribution in [0.25, 0.3) is 0 Å². The van der Waals surface area contributed by atoms with E-state index >= 15 is 0 Å². The Hall–Kier alpha value is -2.83. The first-order chi connectivity index (χ1) is 9.60. The summed E-state index contributed by atoms with van der Waals surface area (Å²) in [6.07, 6.45) is 1.34. The van der Waals surface area contributed by atoms with E-state index in [1.807, 2.05) is 0 Å². The Balaban J connectivity index is 2.01. The number of benzene rings is 1. The molecule has 2 aromatic rings. The number of aromatic nitrogens is 2. The van der Waals surface area contributed by atoms with Crippen molar-refractivity contribution >= 4 is 17.6 Å². The molecule has 1 heterocycles. The molecule has 0 saturated carbocycles. The number of carboxylic acid groups (broad SMARTS) is 1. The van der Waals surface area contributed by atoms with Gasteiger partial charge >= 0.3 is 5.97 Å². The molecule has 0 fully saturated rings. The molecule has 0 unspecified atom stereocenters. The number of hydrogen-bond donors (Lipinski definition) is 2. The molecule has 0 aliphatic heterocycles. The lowest BCUT2D eigenvalue weighted by Crippen LogP contribution is -2.22. The monoisotopic (exact) mass is 275 g/mol. The van der Waals surface area contributed by atoms with Gasteiger partial charge in [0.15, 0.2) is 0 Å². The third-order valence-electron chi connectivity index (χ3n) is 2.60. The van der Waals surface area contributed by atoms with Crippen LogP contribution in [0.3, 0.4) is 0 Å². The fourth-order valence-electron chi connectivity index (χ4n) is 1.65. The van der Waals surface area contributed by atoms with E-state index in [4.69, 9.17) is 9.84 Å². The van der Waals surface area contributed by atoms with Gasteiger partial charge in [0, 0.05) is 11.9 Å². The molecule has 0 aliphatic rings. The van der Waals surface area contributed by atoms with Crippen molar-refractivity contribution in [3.63, 3.8) is 0 Å². The van der Waals surface area contributed by atoms with Gasteiger partial charge in [0.2, 0.25) is 5.91 Å². The largest absolute Gasteiger partial charge is 0.497 e. The first kappa shape index (κ1) is 13.6. The van der Waals surface area contributed by atoms with Crippen molar-refractivity contribution < 1.29 is 19.4 Å². The minimum absolute atomic E-state index is 0.0325. The maximum absolute atomic E-state index is 11.8. The highest BCUT2D eigenvalue weighted by Gasteiger charge is 2.13. The lowest BCUT2D eigenvalue weighted by molar-refractivity contribution is -0.116. The molecule has 1 aromatic heterocycles. The molecule has 7 nitrogen and oxygen atoms in total.